The van der Waals surface area contributed by atoms with E-state index < -0.39 is 5.41 Å². The van der Waals surface area contributed by atoms with Crippen molar-refractivity contribution in [3.63, 3.8) is 0 Å². The summed E-state index contributed by atoms with van der Waals surface area (Å²) in [6.45, 7) is 0. The third-order valence-corrected chi connectivity index (χ3v) is 12.3. The first-order valence-electron chi connectivity index (χ1n) is 20.4. The molecule has 0 fully saturated rings. The first kappa shape index (κ1) is 34.1. The summed E-state index contributed by atoms with van der Waals surface area (Å²) < 4.78 is 2.33. The van der Waals surface area contributed by atoms with E-state index in [1.54, 1.807) is 0 Å². The minimum absolute atomic E-state index is 0.484. The number of para-hydroxylation sites is 2. The highest BCUT2D eigenvalue weighted by Gasteiger charge is 2.46. The number of fused-ring (bicyclic) bond motifs is 7. The van der Waals surface area contributed by atoms with Crippen molar-refractivity contribution in [2.24, 2.45) is 0 Å². The van der Waals surface area contributed by atoms with Crippen LogP contribution in [0, 0.1) is 0 Å². The van der Waals surface area contributed by atoms with Gasteiger partial charge >= 0.3 is 0 Å². The van der Waals surface area contributed by atoms with Gasteiger partial charge in [0.15, 0.2) is 17.5 Å². The lowest BCUT2D eigenvalue weighted by molar-refractivity contribution is 0.769. The van der Waals surface area contributed by atoms with Crippen LogP contribution in [0.1, 0.15) is 22.3 Å². The normalized spacial score (nSPS) is 12.8. The number of nitrogens with zero attached hydrogens (tertiary/aromatic N) is 4. The average Bonchev–Trinajstić information content (AvgIpc) is 3.81. The predicted octanol–water partition coefficient (Wildman–Crippen LogP) is 13.5. The van der Waals surface area contributed by atoms with Crippen molar-refractivity contribution >= 4 is 32.6 Å². The molecule has 0 amide bonds. The van der Waals surface area contributed by atoms with Gasteiger partial charge < -0.3 is 4.57 Å². The second kappa shape index (κ2) is 13.6. The zero-order valence-corrected chi connectivity index (χ0v) is 32.6. The molecule has 0 saturated heterocycles. The summed E-state index contributed by atoms with van der Waals surface area (Å²) in [7, 11) is 0. The molecule has 280 valence electrons. The second-order valence-electron chi connectivity index (χ2n) is 15.5. The Morgan fingerprint density at radius 1 is 0.333 bits per heavy atom. The van der Waals surface area contributed by atoms with E-state index in [-0.39, 0.29) is 0 Å². The quantitative estimate of drug-likeness (QED) is 0.169. The van der Waals surface area contributed by atoms with E-state index in [0.717, 1.165) is 49.6 Å². The van der Waals surface area contributed by atoms with Gasteiger partial charge in [0.05, 0.1) is 16.4 Å². The highest BCUT2D eigenvalue weighted by molar-refractivity contribution is 6.10. The fourth-order valence-corrected chi connectivity index (χ4v) is 9.72. The summed E-state index contributed by atoms with van der Waals surface area (Å²) in [6.07, 6.45) is 0. The van der Waals surface area contributed by atoms with Crippen molar-refractivity contribution in [2.75, 3.05) is 0 Å². The van der Waals surface area contributed by atoms with Crippen molar-refractivity contribution in [1.82, 2.24) is 19.5 Å². The molecule has 9 aromatic carbocycles. The standard InChI is InChI=1S/C56H36N4/c1-5-18-37(19-6-1)53-57-54(39-32-33-52-48(34-39)44-28-14-16-31-51(44)60(52)42-25-11-4-12-26-42)59-55(58-53)45-29-17-20-38-35-50-47(36-46(38)45)43-27-13-15-30-49(43)56(50,40-21-7-2-8-22-40)41-23-9-3-10-24-41/h1-36H. The Morgan fingerprint density at radius 2 is 0.917 bits per heavy atom. The van der Waals surface area contributed by atoms with Gasteiger partial charge in [0, 0.05) is 33.2 Å². The molecule has 0 saturated carbocycles. The van der Waals surface area contributed by atoms with Gasteiger partial charge in [-0.05, 0) is 92.7 Å². The number of hydrogen-bond donors (Lipinski definition) is 0. The summed E-state index contributed by atoms with van der Waals surface area (Å²) >= 11 is 0. The zero-order valence-electron chi connectivity index (χ0n) is 32.6. The molecule has 0 N–H and O–H groups in total. The maximum atomic E-state index is 5.33. The highest BCUT2D eigenvalue weighted by Crippen LogP contribution is 2.57. The van der Waals surface area contributed by atoms with Crippen LogP contribution >= 0.6 is 0 Å². The molecule has 4 nitrogen and oxygen atoms in total. The van der Waals surface area contributed by atoms with E-state index in [2.05, 4.69) is 205 Å². The maximum absolute atomic E-state index is 5.33. The average molecular weight is 765 g/mol. The Labute approximate surface area is 347 Å². The molecule has 1 aliphatic carbocycles. The van der Waals surface area contributed by atoms with Crippen molar-refractivity contribution < 1.29 is 0 Å². The molecular weight excluding hydrogens is 729 g/mol. The van der Waals surface area contributed by atoms with E-state index in [4.69, 9.17) is 15.0 Å². The molecule has 1 aliphatic rings. The highest BCUT2D eigenvalue weighted by atomic mass is 15.0. The monoisotopic (exact) mass is 764 g/mol. The van der Waals surface area contributed by atoms with Gasteiger partial charge in [0.1, 0.15) is 0 Å². The molecule has 0 atom stereocenters. The van der Waals surface area contributed by atoms with E-state index in [1.165, 1.54) is 38.8 Å². The Bertz CT molecular complexity index is 3370. The van der Waals surface area contributed by atoms with Gasteiger partial charge in [-0.3, -0.25) is 0 Å². The lowest BCUT2D eigenvalue weighted by atomic mass is 9.67. The van der Waals surface area contributed by atoms with Crippen molar-refractivity contribution in [3.05, 3.63) is 241 Å². The van der Waals surface area contributed by atoms with Crippen molar-refractivity contribution in [2.45, 2.75) is 5.41 Å². The van der Waals surface area contributed by atoms with Crippen LogP contribution in [0.3, 0.4) is 0 Å². The smallest absolute Gasteiger partial charge is 0.164 e. The van der Waals surface area contributed by atoms with Crippen LogP contribution in [0.4, 0.5) is 0 Å². The van der Waals surface area contributed by atoms with Crippen LogP contribution < -0.4 is 0 Å². The SMILES string of the molecule is c1ccc(-c2nc(-c3ccc4c(c3)c3ccccc3n4-c3ccccc3)nc(-c3cccc4cc5c(cc34)-c3ccccc3C5(c3ccccc3)c3ccccc3)n2)cc1. The molecule has 0 radical (unpaired) electrons. The fraction of sp³-hybridized carbons (Fsp3) is 0.0179. The molecule has 60 heavy (non-hydrogen) atoms. The first-order chi connectivity index (χ1) is 29.8. The summed E-state index contributed by atoms with van der Waals surface area (Å²) in [5.41, 5.74) is 13.3. The van der Waals surface area contributed by atoms with Crippen LogP contribution in [0.15, 0.2) is 218 Å². The Kier molecular flexibility index (Phi) is 7.72. The Hall–Kier alpha value is -7.95. The zero-order chi connectivity index (χ0) is 39.6. The minimum Gasteiger partial charge on any atom is -0.309 e. The van der Waals surface area contributed by atoms with Crippen molar-refractivity contribution in [1.29, 1.82) is 0 Å². The number of hydrogen-bond acceptors (Lipinski definition) is 3. The largest absolute Gasteiger partial charge is 0.309 e. The minimum atomic E-state index is -0.484. The second-order valence-corrected chi connectivity index (χ2v) is 15.5. The predicted molar refractivity (Wildman–Crippen MR) is 245 cm³/mol. The van der Waals surface area contributed by atoms with Gasteiger partial charge in [-0.15, -0.1) is 0 Å². The Balaban J connectivity index is 1.09. The number of benzene rings is 9. The van der Waals surface area contributed by atoms with Gasteiger partial charge in [-0.25, -0.2) is 15.0 Å². The van der Waals surface area contributed by atoms with E-state index >= 15 is 0 Å². The lowest BCUT2D eigenvalue weighted by Gasteiger charge is -2.34. The van der Waals surface area contributed by atoms with Gasteiger partial charge in [0.2, 0.25) is 0 Å². The van der Waals surface area contributed by atoms with Crippen LogP contribution in [-0.2, 0) is 5.41 Å². The third kappa shape index (κ3) is 5.14. The number of aromatic nitrogens is 4. The number of rotatable bonds is 6. The van der Waals surface area contributed by atoms with E-state index in [9.17, 15) is 0 Å². The van der Waals surface area contributed by atoms with Crippen LogP contribution in [0.5, 0.6) is 0 Å². The molecule has 0 bridgehead atoms. The molecule has 11 aromatic rings. The molecule has 0 aliphatic heterocycles. The Morgan fingerprint density at radius 3 is 1.67 bits per heavy atom. The molecule has 4 heteroatoms. The molecule has 12 rings (SSSR count). The molecule has 2 aromatic heterocycles. The third-order valence-electron chi connectivity index (χ3n) is 12.3. The summed E-state index contributed by atoms with van der Waals surface area (Å²) in [5, 5.41) is 4.56. The van der Waals surface area contributed by atoms with Crippen LogP contribution in [-0.4, -0.2) is 19.5 Å². The summed E-state index contributed by atoms with van der Waals surface area (Å²) in [4.78, 5) is 15.8. The van der Waals surface area contributed by atoms with Gasteiger partial charge in [0.25, 0.3) is 0 Å². The van der Waals surface area contributed by atoms with Crippen molar-refractivity contribution in [3.8, 4) is 51.0 Å². The van der Waals surface area contributed by atoms with Gasteiger partial charge in [-0.1, -0.05) is 170 Å². The summed E-state index contributed by atoms with van der Waals surface area (Å²) in [6, 6.07) is 78.1. The molecule has 2 heterocycles. The van der Waals surface area contributed by atoms with Gasteiger partial charge in [-0.2, -0.15) is 0 Å². The lowest BCUT2D eigenvalue weighted by Crippen LogP contribution is -2.28. The van der Waals surface area contributed by atoms with Crippen LogP contribution in [0.2, 0.25) is 0 Å². The first-order valence-corrected chi connectivity index (χ1v) is 20.4. The molecular formula is C56H36N4. The molecule has 0 unspecified atom stereocenters. The van der Waals surface area contributed by atoms with E-state index in [0.29, 0.717) is 17.5 Å². The summed E-state index contributed by atoms with van der Waals surface area (Å²) in [5.74, 6) is 1.91. The van der Waals surface area contributed by atoms with Crippen LogP contribution in [0.25, 0.3) is 83.6 Å². The molecule has 0 spiro atoms. The maximum Gasteiger partial charge on any atom is 0.164 e. The fourth-order valence-electron chi connectivity index (χ4n) is 9.72. The topological polar surface area (TPSA) is 43.6 Å². The van der Waals surface area contributed by atoms with E-state index in [1.807, 2.05) is 18.2 Å².